The Morgan fingerprint density at radius 2 is 1.62 bits per heavy atom. The minimum atomic E-state index is -0.142. The molecule has 29 heavy (non-hydrogen) atoms. The van der Waals surface area contributed by atoms with Crippen molar-refractivity contribution in [2.45, 2.75) is 25.2 Å². The van der Waals surface area contributed by atoms with Crippen molar-refractivity contribution in [3.63, 3.8) is 0 Å². The first-order valence-electron chi connectivity index (χ1n) is 10.0. The van der Waals surface area contributed by atoms with Crippen molar-refractivity contribution in [2.75, 3.05) is 26.2 Å². The number of carbonyl (C=O) groups is 2. The van der Waals surface area contributed by atoms with Crippen molar-refractivity contribution in [2.24, 2.45) is 11.7 Å². The Hall–Kier alpha value is -2.37. The minimum absolute atomic E-state index is 0. The van der Waals surface area contributed by atoms with E-state index < -0.39 is 0 Å². The third-order valence-corrected chi connectivity index (χ3v) is 5.37. The Morgan fingerprint density at radius 3 is 2.17 bits per heavy atom. The molecule has 1 aliphatic heterocycles. The number of amides is 2. The van der Waals surface area contributed by atoms with E-state index in [9.17, 15) is 9.59 Å². The molecule has 0 spiro atoms. The van der Waals surface area contributed by atoms with Gasteiger partial charge in [-0.05, 0) is 24.0 Å². The maximum absolute atomic E-state index is 13.1. The number of nitrogens with zero attached hydrogens (tertiary/aromatic N) is 1. The number of nitrogens with one attached hydrogen (secondary N) is 1. The first-order valence-corrected chi connectivity index (χ1v) is 10.0. The van der Waals surface area contributed by atoms with Crippen LogP contribution < -0.4 is 11.1 Å². The molecule has 1 unspecified atom stereocenters. The second kappa shape index (κ2) is 11.6. The van der Waals surface area contributed by atoms with E-state index in [-0.39, 0.29) is 36.1 Å². The molecule has 0 radical (unpaired) electrons. The highest BCUT2D eigenvalue weighted by atomic mass is 35.5. The van der Waals surface area contributed by atoms with Gasteiger partial charge in [0.1, 0.15) is 0 Å². The maximum atomic E-state index is 13.1. The van der Waals surface area contributed by atoms with Crippen LogP contribution in [0.15, 0.2) is 60.7 Å². The first kappa shape index (κ1) is 22.9. The molecule has 1 heterocycles. The fraction of sp³-hybridized carbons (Fsp3) is 0.391. The van der Waals surface area contributed by atoms with Crippen LogP contribution in [0, 0.1) is 5.92 Å². The van der Waals surface area contributed by atoms with Crippen LogP contribution in [0.25, 0.3) is 0 Å². The van der Waals surface area contributed by atoms with E-state index in [1.807, 2.05) is 41.3 Å². The molecule has 1 atom stereocenters. The molecule has 3 rings (SSSR count). The number of hydrogen-bond acceptors (Lipinski definition) is 3. The number of nitrogens with two attached hydrogens (primary N) is 1. The van der Waals surface area contributed by atoms with Crippen LogP contribution in [0.2, 0.25) is 0 Å². The zero-order valence-corrected chi connectivity index (χ0v) is 17.4. The number of rotatable bonds is 7. The third-order valence-electron chi connectivity index (χ3n) is 5.37. The van der Waals surface area contributed by atoms with Crippen molar-refractivity contribution in [3.05, 3.63) is 71.8 Å². The number of piperidine rings is 1. The summed E-state index contributed by atoms with van der Waals surface area (Å²) < 4.78 is 0. The van der Waals surface area contributed by atoms with Gasteiger partial charge < -0.3 is 16.0 Å². The summed E-state index contributed by atoms with van der Waals surface area (Å²) in [6.07, 6.45) is 2.08. The van der Waals surface area contributed by atoms with Crippen LogP contribution in [0.4, 0.5) is 0 Å². The summed E-state index contributed by atoms with van der Waals surface area (Å²) in [6, 6.07) is 20.3. The molecule has 2 aromatic carbocycles. The van der Waals surface area contributed by atoms with Crippen LogP contribution >= 0.6 is 12.4 Å². The Bertz CT molecular complexity index is 731. The summed E-state index contributed by atoms with van der Waals surface area (Å²) in [5.41, 5.74) is 7.74. The highest BCUT2D eigenvalue weighted by Gasteiger charge is 2.29. The lowest BCUT2D eigenvalue weighted by molar-refractivity contribution is -0.135. The van der Waals surface area contributed by atoms with Gasteiger partial charge in [-0.3, -0.25) is 9.59 Å². The van der Waals surface area contributed by atoms with Crippen molar-refractivity contribution >= 4 is 24.2 Å². The Labute approximate surface area is 179 Å². The zero-order chi connectivity index (χ0) is 19.8. The van der Waals surface area contributed by atoms with Crippen molar-refractivity contribution in [3.8, 4) is 0 Å². The average Bonchev–Trinajstić information content (AvgIpc) is 2.77. The number of benzene rings is 2. The molecule has 6 heteroatoms. The van der Waals surface area contributed by atoms with E-state index in [1.165, 1.54) is 0 Å². The van der Waals surface area contributed by atoms with Gasteiger partial charge in [0.2, 0.25) is 11.8 Å². The fourth-order valence-electron chi connectivity index (χ4n) is 3.86. The van der Waals surface area contributed by atoms with E-state index >= 15 is 0 Å². The van der Waals surface area contributed by atoms with Gasteiger partial charge in [0.15, 0.2) is 0 Å². The lowest BCUT2D eigenvalue weighted by Crippen LogP contribution is -2.46. The molecule has 1 saturated heterocycles. The molecule has 1 fully saturated rings. The van der Waals surface area contributed by atoms with Gasteiger partial charge in [0.25, 0.3) is 0 Å². The molecule has 1 aliphatic rings. The minimum Gasteiger partial charge on any atom is -0.355 e. The summed E-state index contributed by atoms with van der Waals surface area (Å²) in [7, 11) is 0. The fourth-order valence-corrected chi connectivity index (χ4v) is 3.86. The first-order chi connectivity index (χ1) is 13.7. The second-order valence-corrected chi connectivity index (χ2v) is 7.34. The largest absolute Gasteiger partial charge is 0.355 e. The summed E-state index contributed by atoms with van der Waals surface area (Å²) in [4.78, 5) is 27.3. The predicted octanol–water partition coefficient (Wildman–Crippen LogP) is 2.94. The third kappa shape index (κ3) is 6.31. The average molecular weight is 416 g/mol. The molecule has 0 aliphatic carbocycles. The molecule has 0 saturated carbocycles. The molecular formula is C23H30ClN3O2. The highest BCUT2D eigenvalue weighted by molar-refractivity contribution is 5.85. The molecule has 3 N–H and O–H groups in total. The quantitative estimate of drug-likeness (QED) is 0.730. The molecule has 0 aromatic heterocycles. The van der Waals surface area contributed by atoms with Crippen molar-refractivity contribution in [1.29, 1.82) is 0 Å². The Morgan fingerprint density at radius 1 is 1.03 bits per heavy atom. The smallest absolute Gasteiger partial charge is 0.224 e. The topological polar surface area (TPSA) is 75.4 Å². The van der Waals surface area contributed by atoms with Gasteiger partial charge >= 0.3 is 0 Å². The summed E-state index contributed by atoms with van der Waals surface area (Å²) in [5.74, 6) is -0.0165. The van der Waals surface area contributed by atoms with Gasteiger partial charge in [-0.25, -0.2) is 0 Å². The molecule has 0 bridgehead atoms. The van der Waals surface area contributed by atoms with Crippen LogP contribution in [-0.4, -0.2) is 42.9 Å². The molecule has 2 amide bonds. The Kier molecular flexibility index (Phi) is 9.16. The lowest BCUT2D eigenvalue weighted by atomic mass is 9.87. The standard InChI is InChI=1S/C23H29N3O2.ClH/c24-13-14-25-23(28)20-12-7-15-26(17-20)22(27)16-21(18-8-3-1-4-9-18)19-10-5-2-6-11-19;/h1-6,8-11,20-21H,7,12-17,24H2,(H,25,28);1H. The van der Waals surface area contributed by atoms with Gasteiger partial charge in [-0.1, -0.05) is 60.7 Å². The van der Waals surface area contributed by atoms with Crippen LogP contribution in [0.5, 0.6) is 0 Å². The highest BCUT2D eigenvalue weighted by Crippen LogP contribution is 2.29. The normalized spacial score (nSPS) is 16.2. The SMILES string of the molecule is Cl.NCCNC(=O)C1CCCN(C(=O)CC(c2ccccc2)c2ccccc2)C1. The molecular weight excluding hydrogens is 386 g/mol. The summed E-state index contributed by atoms with van der Waals surface area (Å²) >= 11 is 0. The zero-order valence-electron chi connectivity index (χ0n) is 16.6. The van der Waals surface area contributed by atoms with E-state index in [4.69, 9.17) is 5.73 Å². The van der Waals surface area contributed by atoms with E-state index in [0.717, 1.165) is 30.5 Å². The van der Waals surface area contributed by atoms with E-state index in [0.29, 0.717) is 26.1 Å². The van der Waals surface area contributed by atoms with E-state index in [2.05, 4.69) is 29.6 Å². The number of hydrogen-bond donors (Lipinski definition) is 2. The molecule has 156 valence electrons. The second-order valence-electron chi connectivity index (χ2n) is 7.34. The summed E-state index contributed by atoms with van der Waals surface area (Å²) in [6.45, 7) is 2.12. The van der Waals surface area contributed by atoms with Crippen LogP contribution in [0.1, 0.15) is 36.3 Å². The van der Waals surface area contributed by atoms with Gasteiger partial charge in [-0.2, -0.15) is 0 Å². The molecule has 5 nitrogen and oxygen atoms in total. The van der Waals surface area contributed by atoms with Crippen LogP contribution in [-0.2, 0) is 9.59 Å². The van der Waals surface area contributed by atoms with E-state index in [1.54, 1.807) is 0 Å². The van der Waals surface area contributed by atoms with Gasteiger partial charge in [-0.15, -0.1) is 12.4 Å². The van der Waals surface area contributed by atoms with Gasteiger partial charge in [0.05, 0.1) is 5.92 Å². The number of halogens is 1. The number of likely N-dealkylation sites (tertiary alicyclic amines) is 1. The lowest BCUT2D eigenvalue weighted by Gasteiger charge is -2.33. The maximum Gasteiger partial charge on any atom is 0.224 e. The van der Waals surface area contributed by atoms with Crippen molar-refractivity contribution in [1.82, 2.24) is 10.2 Å². The number of carbonyl (C=O) groups excluding carboxylic acids is 2. The summed E-state index contributed by atoms with van der Waals surface area (Å²) in [5, 5.41) is 2.85. The Balaban J connectivity index is 0.00000300. The van der Waals surface area contributed by atoms with Crippen molar-refractivity contribution < 1.29 is 9.59 Å². The molecule has 2 aromatic rings. The predicted molar refractivity (Wildman–Crippen MR) is 118 cm³/mol. The monoisotopic (exact) mass is 415 g/mol. The van der Waals surface area contributed by atoms with Gasteiger partial charge in [0, 0.05) is 38.5 Å². The van der Waals surface area contributed by atoms with Crippen LogP contribution in [0.3, 0.4) is 0 Å².